The Hall–Kier alpha value is -3.75. The molecule has 0 aliphatic heterocycles. The van der Waals surface area contributed by atoms with E-state index in [1.165, 1.54) is 109 Å². The molecule has 0 heterocycles. The van der Waals surface area contributed by atoms with Gasteiger partial charge in [0.25, 0.3) is 5.91 Å². The number of nitrogens with one attached hydrogen (secondary N) is 4. The van der Waals surface area contributed by atoms with Crippen molar-refractivity contribution >= 4 is 29.8 Å². The molecule has 1 aromatic rings. The number of carbonyl (C=O) groups excluding carboxylic acids is 4. The van der Waals surface area contributed by atoms with Crippen LogP contribution in [0.4, 0.5) is 0 Å². The molecule has 0 bridgehead atoms. The predicted octanol–water partition coefficient (Wildman–Crippen LogP) is 12.0. The quantitative estimate of drug-likeness (QED) is 0.0297. The molecule has 0 saturated heterocycles. The molecule has 4 amide bonds. The van der Waals surface area contributed by atoms with Gasteiger partial charge in [0, 0.05) is 49.8 Å². The summed E-state index contributed by atoms with van der Waals surface area (Å²) in [7, 11) is 0. The molecule has 4 N–H and O–H groups in total. The zero-order valence-electron chi connectivity index (χ0n) is 39.2. The van der Waals surface area contributed by atoms with Crippen molar-refractivity contribution < 1.29 is 19.2 Å². The molecule has 0 spiro atoms. The van der Waals surface area contributed by atoms with Gasteiger partial charge in [-0.1, -0.05) is 166 Å². The van der Waals surface area contributed by atoms with Crippen LogP contribution in [0, 0.1) is 0 Å². The summed E-state index contributed by atoms with van der Waals surface area (Å²) in [5.41, 5.74) is 1.26. The van der Waals surface area contributed by atoms with Crippen molar-refractivity contribution in [2.24, 2.45) is 4.99 Å². The van der Waals surface area contributed by atoms with E-state index >= 15 is 0 Å². The Morgan fingerprint density at radius 3 is 1.52 bits per heavy atom. The number of aliphatic imine (C=N–C) groups is 1. The lowest BCUT2D eigenvalue weighted by Gasteiger charge is -2.19. The molecule has 346 valence electrons. The maximum atomic E-state index is 13.3. The van der Waals surface area contributed by atoms with Gasteiger partial charge in [-0.15, -0.1) is 0 Å². The molecule has 9 heteroatoms. The number of unbranched alkanes of at least 4 members (excludes halogenated alkanes) is 22. The van der Waals surface area contributed by atoms with Crippen LogP contribution in [0.2, 0.25) is 0 Å². The SMILES string of the molecule is CCCCCCCC/C=C\CCCCCCCC(=O)NCC(NC(=O)CCCCCCC/C=C\CCCCCCCC)C(=O)NCCN=Cc1ccccc1C(=O)NCCC. The summed E-state index contributed by atoms with van der Waals surface area (Å²) in [5.74, 6) is -0.779. The summed E-state index contributed by atoms with van der Waals surface area (Å²) in [6.45, 7) is 7.71. The Labute approximate surface area is 373 Å². The Morgan fingerprint density at radius 2 is 1.00 bits per heavy atom. The number of benzene rings is 1. The molecule has 9 nitrogen and oxygen atoms in total. The van der Waals surface area contributed by atoms with E-state index in [4.69, 9.17) is 0 Å². The maximum Gasteiger partial charge on any atom is 0.251 e. The van der Waals surface area contributed by atoms with E-state index in [2.05, 4.69) is 64.4 Å². The molecule has 0 aliphatic carbocycles. The Bertz CT molecular complexity index is 1340. The van der Waals surface area contributed by atoms with E-state index in [0.29, 0.717) is 37.1 Å². The van der Waals surface area contributed by atoms with Crippen LogP contribution < -0.4 is 21.3 Å². The Kier molecular flexibility index (Phi) is 37.7. The van der Waals surface area contributed by atoms with Gasteiger partial charge in [0.15, 0.2) is 0 Å². The minimum absolute atomic E-state index is 0.0391. The van der Waals surface area contributed by atoms with Crippen molar-refractivity contribution in [3.05, 3.63) is 59.7 Å². The fourth-order valence-corrected chi connectivity index (χ4v) is 7.17. The number of hydrogen-bond acceptors (Lipinski definition) is 5. The second kappa shape index (κ2) is 41.6. The lowest BCUT2D eigenvalue weighted by Crippen LogP contribution is -2.53. The fraction of sp³-hybridized carbons (Fsp3) is 0.712. The predicted molar refractivity (Wildman–Crippen MR) is 258 cm³/mol. The first-order valence-electron chi connectivity index (χ1n) is 24.9. The first kappa shape index (κ1) is 55.3. The van der Waals surface area contributed by atoms with E-state index in [9.17, 15) is 19.2 Å². The Balaban J connectivity index is 2.47. The summed E-state index contributed by atoms with van der Waals surface area (Å²) < 4.78 is 0. The van der Waals surface area contributed by atoms with Gasteiger partial charge >= 0.3 is 0 Å². The van der Waals surface area contributed by atoms with Gasteiger partial charge in [0.2, 0.25) is 17.7 Å². The average Bonchev–Trinajstić information content (AvgIpc) is 3.26. The highest BCUT2D eigenvalue weighted by molar-refractivity contribution is 6.02. The van der Waals surface area contributed by atoms with Crippen LogP contribution >= 0.6 is 0 Å². The monoisotopic (exact) mass is 848 g/mol. The lowest BCUT2D eigenvalue weighted by molar-refractivity contribution is -0.129. The van der Waals surface area contributed by atoms with E-state index in [-0.39, 0.29) is 36.7 Å². The normalized spacial score (nSPS) is 12.0. The summed E-state index contributed by atoms with van der Waals surface area (Å²) in [5, 5.41) is 11.6. The van der Waals surface area contributed by atoms with Crippen molar-refractivity contribution in [2.45, 2.75) is 213 Å². The van der Waals surface area contributed by atoms with Crippen LogP contribution in [0.1, 0.15) is 223 Å². The minimum atomic E-state index is -0.874. The van der Waals surface area contributed by atoms with Gasteiger partial charge in [-0.05, 0) is 76.7 Å². The molecule has 0 saturated carbocycles. The van der Waals surface area contributed by atoms with Crippen LogP contribution in [0.25, 0.3) is 0 Å². The van der Waals surface area contributed by atoms with Crippen LogP contribution in [-0.2, 0) is 14.4 Å². The molecular formula is C52H89N5O4. The number of hydrogen-bond donors (Lipinski definition) is 4. The molecule has 0 aromatic heterocycles. The number of allylic oxidation sites excluding steroid dienone is 4. The van der Waals surface area contributed by atoms with E-state index in [1.807, 2.05) is 25.1 Å². The number of nitrogens with zero attached hydrogens (tertiary/aromatic N) is 1. The van der Waals surface area contributed by atoms with Gasteiger partial charge in [-0.25, -0.2) is 0 Å². The highest BCUT2D eigenvalue weighted by Gasteiger charge is 2.21. The number of carbonyl (C=O) groups is 4. The summed E-state index contributed by atoms with van der Waals surface area (Å²) in [6.07, 6.45) is 43.6. The first-order valence-corrected chi connectivity index (χ1v) is 24.9. The summed E-state index contributed by atoms with van der Waals surface area (Å²) in [6, 6.07) is 6.41. The fourth-order valence-electron chi connectivity index (χ4n) is 7.17. The van der Waals surface area contributed by atoms with Gasteiger partial charge < -0.3 is 21.3 Å². The van der Waals surface area contributed by atoms with Gasteiger partial charge in [0.05, 0.1) is 6.54 Å². The van der Waals surface area contributed by atoms with Gasteiger partial charge in [0.1, 0.15) is 6.04 Å². The standard InChI is InChI=1S/C52H89N5O4/c1-4-7-9-11-13-15-17-19-21-23-25-27-29-31-33-39-49(58)56-45-48(52(61)55-43-42-53-44-46-37-35-36-38-47(46)51(60)54-41-6-3)57-50(59)40-34-32-30-28-26-24-22-20-18-16-14-12-10-8-5-2/h19-22,35-38,44,48H,4-18,23-34,39-43,45H2,1-3H3,(H,54,60)(H,55,61)(H,56,58)(H,57,59)/b21-19-,22-20-,53-44?. The van der Waals surface area contributed by atoms with Crippen molar-refractivity contribution in [1.29, 1.82) is 0 Å². The lowest BCUT2D eigenvalue weighted by atomic mass is 10.1. The third kappa shape index (κ3) is 33.5. The second-order valence-electron chi connectivity index (χ2n) is 16.8. The average molecular weight is 848 g/mol. The molecule has 1 rings (SSSR count). The van der Waals surface area contributed by atoms with E-state index in [0.717, 1.165) is 64.2 Å². The molecule has 61 heavy (non-hydrogen) atoms. The number of rotatable bonds is 41. The number of amides is 4. The largest absolute Gasteiger partial charge is 0.353 e. The van der Waals surface area contributed by atoms with Crippen LogP contribution in [-0.4, -0.2) is 62.1 Å². The van der Waals surface area contributed by atoms with Crippen LogP contribution in [0.3, 0.4) is 0 Å². The van der Waals surface area contributed by atoms with E-state index in [1.54, 1.807) is 12.3 Å². The highest BCUT2D eigenvalue weighted by Crippen LogP contribution is 2.12. The molecule has 0 radical (unpaired) electrons. The minimum Gasteiger partial charge on any atom is -0.353 e. The zero-order valence-corrected chi connectivity index (χ0v) is 39.2. The van der Waals surface area contributed by atoms with Gasteiger partial charge in [-0.3, -0.25) is 24.2 Å². The van der Waals surface area contributed by atoms with Crippen molar-refractivity contribution in [3.8, 4) is 0 Å². The molecule has 1 aromatic carbocycles. The first-order chi connectivity index (χ1) is 29.9. The molecule has 0 fully saturated rings. The summed E-state index contributed by atoms with van der Waals surface area (Å²) >= 11 is 0. The van der Waals surface area contributed by atoms with Crippen molar-refractivity contribution in [3.63, 3.8) is 0 Å². The molecular weight excluding hydrogens is 759 g/mol. The Morgan fingerprint density at radius 1 is 0.525 bits per heavy atom. The summed E-state index contributed by atoms with van der Waals surface area (Å²) in [4.78, 5) is 56.0. The van der Waals surface area contributed by atoms with Crippen molar-refractivity contribution in [2.75, 3.05) is 26.2 Å². The van der Waals surface area contributed by atoms with E-state index < -0.39 is 6.04 Å². The zero-order chi connectivity index (χ0) is 44.3. The third-order valence-electron chi connectivity index (χ3n) is 11.0. The maximum absolute atomic E-state index is 13.3. The van der Waals surface area contributed by atoms with Crippen LogP contribution in [0.5, 0.6) is 0 Å². The smallest absolute Gasteiger partial charge is 0.251 e. The molecule has 1 atom stereocenters. The van der Waals surface area contributed by atoms with Gasteiger partial charge in [-0.2, -0.15) is 0 Å². The van der Waals surface area contributed by atoms with Crippen molar-refractivity contribution in [1.82, 2.24) is 21.3 Å². The second-order valence-corrected chi connectivity index (χ2v) is 16.8. The molecule has 1 unspecified atom stereocenters. The van der Waals surface area contributed by atoms with Crippen LogP contribution in [0.15, 0.2) is 53.6 Å². The third-order valence-corrected chi connectivity index (χ3v) is 11.0. The molecule has 0 aliphatic rings. The topological polar surface area (TPSA) is 129 Å². The highest BCUT2D eigenvalue weighted by atomic mass is 16.2.